The standard InChI is InChI=1S/C14H16BrClN2S/c1-10(14-17-12(7-16)9-19-14)18(2)8-11-5-3-4-6-13(11)15/h3-6,9-10H,7-8H2,1-2H3. The lowest BCUT2D eigenvalue weighted by molar-refractivity contribution is 0.252. The fourth-order valence-electron chi connectivity index (χ4n) is 1.80. The van der Waals surface area contributed by atoms with Crippen LogP contribution in [0.4, 0.5) is 0 Å². The Hall–Kier alpha value is -0.420. The van der Waals surface area contributed by atoms with Gasteiger partial charge in [-0.2, -0.15) is 0 Å². The molecule has 0 aliphatic carbocycles. The molecule has 0 aliphatic heterocycles. The summed E-state index contributed by atoms with van der Waals surface area (Å²) in [5.74, 6) is 0.483. The molecule has 0 aliphatic rings. The van der Waals surface area contributed by atoms with Gasteiger partial charge in [0.2, 0.25) is 0 Å². The maximum atomic E-state index is 5.80. The number of hydrogen-bond donors (Lipinski definition) is 0. The number of alkyl halides is 1. The van der Waals surface area contributed by atoms with E-state index in [1.165, 1.54) is 5.56 Å². The molecule has 0 saturated heterocycles. The quantitative estimate of drug-likeness (QED) is 0.710. The summed E-state index contributed by atoms with van der Waals surface area (Å²) >= 11 is 11.1. The van der Waals surface area contributed by atoms with Gasteiger partial charge in [-0.15, -0.1) is 22.9 Å². The minimum Gasteiger partial charge on any atom is -0.293 e. The van der Waals surface area contributed by atoms with Crippen LogP contribution in [-0.4, -0.2) is 16.9 Å². The number of thiazole rings is 1. The van der Waals surface area contributed by atoms with E-state index >= 15 is 0 Å². The Kier molecular flexibility index (Phi) is 5.39. The van der Waals surface area contributed by atoms with Gasteiger partial charge < -0.3 is 0 Å². The molecule has 102 valence electrons. The maximum Gasteiger partial charge on any atom is 0.110 e. The summed E-state index contributed by atoms with van der Waals surface area (Å²) in [7, 11) is 2.12. The number of hydrogen-bond acceptors (Lipinski definition) is 3. The number of halogens is 2. The van der Waals surface area contributed by atoms with Crippen LogP contribution in [0.5, 0.6) is 0 Å². The van der Waals surface area contributed by atoms with Gasteiger partial charge in [0.05, 0.1) is 17.6 Å². The molecule has 0 fully saturated rings. The Morgan fingerprint density at radius 2 is 2.16 bits per heavy atom. The molecule has 0 N–H and O–H groups in total. The van der Waals surface area contributed by atoms with Gasteiger partial charge in [-0.25, -0.2) is 4.98 Å². The highest BCUT2D eigenvalue weighted by molar-refractivity contribution is 9.10. The topological polar surface area (TPSA) is 16.1 Å². The minimum absolute atomic E-state index is 0.286. The lowest BCUT2D eigenvalue weighted by Gasteiger charge is -2.23. The number of rotatable bonds is 5. The van der Waals surface area contributed by atoms with Crippen LogP contribution in [0.2, 0.25) is 0 Å². The van der Waals surface area contributed by atoms with Crippen LogP contribution in [0.25, 0.3) is 0 Å². The Morgan fingerprint density at radius 1 is 1.42 bits per heavy atom. The van der Waals surface area contributed by atoms with Crippen LogP contribution in [0.15, 0.2) is 34.1 Å². The zero-order valence-electron chi connectivity index (χ0n) is 10.9. The van der Waals surface area contributed by atoms with Gasteiger partial charge in [0, 0.05) is 16.4 Å². The Balaban J connectivity index is 2.07. The molecule has 0 amide bonds. The van der Waals surface area contributed by atoms with E-state index in [1.54, 1.807) is 11.3 Å². The average molecular weight is 360 g/mol. The first-order valence-electron chi connectivity index (χ1n) is 6.05. The first-order chi connectivity index (χ1) is 9.11. The third-order valence-electron chi connectivity index (χ3n) is 3.10. The summed E-state index contributed by atoms with van der Waals surface area (Å²) in [6, 6.07) is 8.59. The third kappa shape index (κ3) is 3.78. The fourth-order valence-corrected chi connectivity index (χ4v) is 3.37. The SMILES string of the molecule is CC(c1nc(CCl)cs1)N(C)Cc1ccccc1Br. The second kappa shape index (κ2) is 6.84. The summed E-state index contributed by atoms with van der Waals surface area (Å²) in [6.07, 6.45) is 0. The molecule has 1 aromatic heterocycles. The predicted molar refractivity (Wildman–Crippen MR) is 85.7 cm³/mol. The van der Waals surface area contributed by atoms with E-state index in [-0.39, 0.29) is 6.04 Å². The summed E-state index contributed by atoms with van der Waals surface area (Å²) in [6.45, 7) is 3.06. The van der Waals surface area contributed by atoms with Gasteiger partial charge >= 0.3 is 0 Å². The second-order valence-corrected chi connectivity index (χ2v) is 6.50. The molecule has 2 aromatic rings. The maximum absolute atomic E-state index is 5.80. The third-order valence-corrected chi connectivity index (χ3v) is 5.21. The Bertz CT molecular complexity index is 544. The van der Waals surface area contributed by atoms with Crippen molar-refractivity contribution in [3.05, 3.63) is 50.4 Å². The molecular formula is C14H16BrClN2S. The summed E-state index contributed by atoms with van der Waals surface area (Å²) in [5.41, 5.74) is 2.24. The molecule has 2 rings (SSSR count). The van der Waals surface area contributed by atoms with E-state index < -0.39 is 0 Å². The highest BCUT2D eigenvalue weighted by Gasteiger charge is 2.16. The molecule has 1 unspecified atom stereocenters. The zero-order valence-corrected chi connectivity index (χ0v) is 14.1. The molecule has 1 atom stereocenters. The second-order valence-electron chi connectivity index (χ2n) is 4.49. The summed E-state index contributed by atoms with van der Waals surface area (Å²) in [5, 5.41) is 3.15. The van der Waals surface area contributed by atoms with E-state index in [0.29, 0.717) is 5.88 Å². The van der Waals surface area contributed by atoms with Gasteiger partial charge in [0.1, 0.15) is 5.01 Å². The van der Waals surface area contributed by atoms with Crippen molar-refractivity contribution in [2.45, 2.75) is 25.4 Å². The van der Waals surface area contributed by atoms with E-state index in [2.05, 4.69) is 58.0 Å². The molecular weight excluding hydrogens is 344 g/mol. The van der Waals surface area contributed by atoms with Crippen molar-refractivity contribution in [2.24, 2.45) is 0 Å². The zero-order chi connectivity index (χ0) is 13.8. The highest BCUT2D eigenvalue weighted by Crippen LogP contribution is 2.26. The van der Waals surface area contributed by atoms with E-state index in [0.717, 1.165) is 21.7 Å². The lowest BCUT2D eigenvalue weighted by atomic mass is 10.2. The molecule has 19 heavy (non-hydrogen) atoms. The largest absolute Gasteiger partial charge is 0.293 e. The van der Waals surface area contributed by atoms with E-state index in [9.17, 15) is 0 Å². The van der Waals surface area contributed by atoms with Gasteiger partial charge in [0.25, 0.3) is 0 Å². The van der Waals surface area contributed by atoms with Crippen LogP contribution in [0, 0.1) is 0 Å². The van der Waals surface area contributed by atoms with Gasteiger partial charge in [0.15, 0.2) is 0 Å². The highest BCUT2D eigenvalue weighted by atomic mass is 79.9. The summed E-state index contributed by atoms with van der Waals surface area (Å²) < 4.78 is 1.15. The molecule has 5 heteroatoms. The molecule has 2 nitrogen and oxygen atoms in total. The molecule has 0 bridgehead atoms. The van der Waals surface area contributed by atoms with E-state index in [1.807, 2.05) is 11.4 Å². The first kappa shape index (κ1) is 15.0. The monoisotopic (exact) mass is 358 g/mol. The fraction of sp³-hybridized carbons (Fsp3) is 0.357. The minimum atomic E-state index is 0.286. The lowest BCUT2D eigenvalue weighted by Crippen LogP contribution is -2.22. The van der Waals surface area contributed by atoms with Crippen molar-refractivity contribution in [1.82, 2.24) is 9.88 Å². The van der Waals surface area contributed by atoms with Gasteiger partial charge in [-0.3, -0.25) is 4.90 Å². The Labute approximate surface area is 131 Å². The van der Waals surface area contributed by atoms with Gasteiger partial charge in [-0.05, 0) is 25.6 Å². The number of nitrogens with zero attached hydrogens (tertiary/aromatic N) is 2. The van der Waals surface area contributed by atoms with Crippen LogP contribution < -0.4 is 0 Å². The number of benzene rings is 1. The van der Waals surface area contributed by atoms with Crippen molar-refractivity contribution in [3.8, 4) is 0 Å². The van der Waals surface area contributed by atoms with Crippen LogP contribution in [-0.2, 0) is 12.4 Å². The van der Waals surface area contributed by atoms with Crippen molar-refractivity contribution in [2.75, 3.05) is 7.05 Å². The molecule has 1 aromatic carbocycles. The number of aromatic nitrogens is 1. The van der Waals surface area contributed by atoms with Crippen molar-refractivity contribution in [3.63, 3.8) is 0 Å². The summed E-state index contributed by atoms with van der Waals surface area (Å²) in [4.78, 5) is 6.84. The molecule has 1 heterocycles. The average Bonchev–Trinajstić information content (AvgIpc) is 2.89. The van der Waals surface area contributed by atoms with E-state index in [4.69, 9.17) is 11.6 Å². The van der Waals surface area contributed by atoms with Crippen molar-refractivity contribution in [1.29, 1.82) is 0 Å². The normalized spacial score (nSPS) is 12.9. The van der Waals surface area contributed by atoms with Crippen molar-refractivity contribution < 1.29 is 0 Å². The smallest absolute Gasteiger partial charge is 0.110 e. The van der Waals surface area contributed by atoms with Crippen molar-refractivity contribution >= 4 is 38.9 Å². The molecule has 0 radical (unpaired) electrons. The molecule has 0 saturated carbocycles. The Morgan fingerprint density at radius 3 is 2.79 bits per heavy atom. The molecule has 0 spiro atoms. The predicted octanol–water partition coefficient (Wildman–Crippen LogP) is 4.84. The van der Waals surface area contributed by atoms with Crippen LogP contribution >= 0.6 is 38.9 Å². The van der Waals surface area contributed by atoms with Gasteiger partial charge in [-0.1, -0.05) is 34.1 Å². The van der Waals surface area contributed by atoms with Crippen LogP contribution in [0.1, 0.15) is 29.2 Å². The first-order valence-corrected chi connectivity index (χ1v) is 8.26. The van der Waals surface area contributed by atoms with Crippen LogP contribution in [0.3, 0.4) is 0 Å².